The minimum Gasteiger partial charge on any atom is -0.371 e. The van der Waals surface area contributed by atoms with Crippen LogP contribution >= 0.6 is 0 Å². The lowest BCUT2D eigenvalue weighted by atomic mass is 9.77. The van der Waals surface area contributed by atoms with E-state index >= 15 is 8.78 Å². The highest BCUT2D eigenvalue weighted by atomic mass is 19.3. The number of hydrogen-bond acceptors (Lipinski definition) is 7. The number of benzene rings is 3. The highest BCUT2D eigenvalue weighted by Gasteiger charge is 2.43. The zero-order valence-corrected chi connectivity index (χ0v) is 35.9. The first-order chi connectivity index (χ1) is 29.8. The number of amides is 2. The fourth-order valence-corrected chi connectivity index (χ4v) is 10.7. The number of H-pyrrole nitrogens is 1. The fourth-order valence-electron chi connectivity index (χ4n) is 10.7. The second-order valence-corrected chi connectivity index (χ2v) is 17.9. The van der Waals surface area contributed by atoms with Crippen LogP contribution in [-0.4, -0.2) is 115 Å². The molecule has 0 radical (unpaired) electrons. The van der Waals surface area contributed by atoms with Gasteiger partial charge in [0.15, 0.2) is 0 Å². The van der Waals surface area contributed by atoms with Crippen molar-refractivity contribution in [3.8, 4) is 0 Å². The number of carbonyl (C=O) groups excluding carboxylic acids is 3. The summed E-state index contributed by atoms with van der Waals surface area (Å²) in [6, 6.07) is 12.8. The van der Waals surface area contributed by atoms with Crippen LogP contribution in [0.15, 0.2) is 61.2 Å². The Morgan fingerprint density at radius 3 is 2.37 bits per heavy atom. The molecular weight excluding hydrogens is 799 g/mol. The molecule has 9 rings (SSSR count). The normalized spacial score (nSPS) is 21.5. The van der Waals surface area contributed by atoms with Gasteiger partial charge in [0.2, 0.25) is 5.91 Å². The van der Waals surface area contributed by atoms with Gasteiger partial charge in [-0.2, -0.15) is 0 Å². The van der Waals surface area contributed by atoms with Gasteiger partial charge < -0.3 is 24.9 Å². The van der Waals surface area contributed by atoms with E-state index in [1.165, 1.54) is 28.2 Å². The predicted octanol–water partition coefficient (Wildman–Crippen LogP) is 7.21. The number of carbonyl (C=O) groups is 3. The molecule has 1 aromatic heterocycles. The summed E-state index contributed by atoms with van der Waals surface area (Å²) >= 11 is 0. The number of aromatic nitrogens is 1. The Labute approximate surface area is 360 Å². The molecule has 6 heterocycles. The molecule has 14 heteroatoms. The van der Waals surface area contributed by atoms with E-state index in [0.29, 0.717) is 56.8 Å². The van der Waals surface area contributed by atoms with Gasteiger partial charge in [0, 0.05) is 85.8 Å². The van der Waals surface area contributed by atoms with Crippen LogP contribution in [0.3, 0.4) is 0 Å². The molecule has 0 saturated carbocycles. The van der Waals surface area contributed by atoms with E-state index < -0.39 is 36.7 Å². The van der Waals surface area contributed by atoms with Gasteiger partial charge in [-0.25, -0.2) is 17.6 Å². The number of halogens is 4. The predicted molar refractivity (Wildman–Crippen MR) is 232 cm³/mol. The lowest BCUT2D eigenvalue weighted by Crippen LogP contribution is -2.46. The number of nitrogens with one attached hydrogen (secondary N) is 2. The number of aromatic amines is 1. The number of anilines is 1. The van der Waals surface area contributed by atoms with E-state index in [0.717, 1.165) is 79.3 Å². The third-order valence-corrected chi connectivity index (χ3v) is 14.0. The van der Waals surface area contributed by atoms with Gasteiger partial charge in [0.05, 0.1) is 19.1 Å². The third kappa shape index (κ3) is 8.40. The van der Waals surface area contributed by atoms with Crippen LogP contribution in [0.4, 0.5) is 23.2 Å². The average molecular weight is 856 g/mol. The van der Waals surface area contributed by atoms with Gasteiger partial charge in [0.25, 0.3) is 12.3 Å². The zero-order chi connectivity index (χ0) is 43.9. The summed E-state index contributed by atoms with van der Waals surface area (Å²) < 4.78 is 59.3. The number of likely N-dealkylation sites (tertiary alicyclic amines) is 1. The molecule has 0 bridgehead atoms. The van der Waals surface area contributed by atoms with Gasteiger partial charge in [-0.15, -0.1) is 6.58 Å². The number of hydrogen-bond donors (Lipinski definition) is 2. The Hall–Kier alpha value is -5.05. The van der Waals surface area contributed by atoms with Gasteiger partial charge in [-0.3, -0.25) is 24.3 Å². The van der Waals surface area contributed by atoms with Crippen molar-refractivity contribution in [3.63, 3.8) is 0 Å². The minimum absolute atomic E-state index is 0.0324. The summed E-state index contributed by atoms with van der Waals surface area (Å²) in [6.45, 7) is 10.9. The highest BCUT2D eigenvalue weighted by molar-refractivity contribution is 6.01. The summed E-state index contributed by atoms with van der Waals surface area (Å²) in [5.74, 6) is -1.58. The summed E-state index contributed by atoms with van der Waals surface area (Å²) in [4.78, 5) is 48.9. The molecule has 2 amide bonds. The Kier molecular flexibility index (Phi) is 12.6. The molecule has 2 saturated heterocycles. The van der Waals surface area contributed by atoms with Crippen LogP contribution in [0, 0.1) is 17.0 Å². The molecule has 5 aliphatic rings. The van der Waals surface area contributed by atoms with E-state index in [2.05, 4.69) is 39.8 Å². The van der Waals surface area contributed by atoms with Crippen molar-refractivity contribution in [2.24, 2.45) is 5.41 Å². The van der Waals surface area contributed by atoms with Crippen molar-refractivity contribution >= 4 is 34.7 Å². The van der Waals surface area contributed by atoms with E-state index in [1.54, 1.807) is 18.0 Å². The SMILES string of the molecule is C=CCCC(C(=O)NC)N1Cc2cc3c(cc2C1=O)CN(C)C3.C[C@@H]1Cc2c([nH]c3ccccc23)[C@@H](c2c(F)cc(N3CCC4(CCN(CC=O)C4)CC3)cc2F)N1CC(F)F. The number of fused-ring (bicyclic) bond motifs is 5. The summed E-state index contributed by atoms with van der Waals surface area (Å²) in [7, 11) is 3.69. The van der Waals surface area contributed by atoms with E-state index in [9.17, 15) is 23.2 Å². The second kappa shape index (κ2) is 18.0. The molecule has 2 N–H and O–H groups in total. The van der Waals surface area contributed by atoms with Crippen molar-refractivity contribution in [3.05, 3.63) is 112 Å². The largest absolute Gasteiger partial charge is 0.371 e. The first-order valence-electron chi connectivity index (χ1n) is 21.8. The number of nitrogens with zero attached hydrogens (tertiary/aromatic N) is 5. The maximum Gasteiger partial charge on any atom is 0.255 e. The number of aldehydes is 1. The topological polar surface area (TPSA) is 95.2 Å². The van der Waals surface area contributed by atoms with Crippen LogP contribution in [-0.2, 0) is 35.6 Å². The molecule has 62 heavy (non-hydrogen) atoms. The number of allylic oxidation sites excluding steroid dienone is 1. The van der Waals surface area contributed by atoms with Crippen molar-refractivity contribution < 1.29 is 31.9 Å². The number of piperidine rings is 1. The van der Waals surface area contributed by atoms with Gasteiger partial charge in [-0.05, 0) is 111 Å². The molecule has 3 aromatic carbocycles. The molecule has 10 nitrogen and oxygen atoms in total. The molecule has 4 aromatic rings. The molecule has 3 atom stereocenters. The molecular formula is C48H57F4N7O3. The Bertz CT molecular complexity index is 2320. The minimum atomic E-state index is -2.63. The standard InChI is InChI=1S/C30H34F4N4O.C18H23N3O2/c1-19-14-22-21-4-2-3-5-25(21)35-28(22)29(38(19)17-26(33)34)27-23(31)15-20(16-24(27)32)37-10-7-30(8-11-37)6-9-36(18-30)12-13-39;1-4-5-6-16(17(22)19-2)21-11-14-7-12-9-20(3)10-13(12)8-15(14)18(21)23/h2-5,13,15-16,19,26,29,35H,6-12,14,17-18H2,1H3;4,7-8,16H,1,5-6,9-11H2,2-3H3,(H,19,22)/t19-,29-;/m1./s1. The van der Waals surface area contributed by atoms with E-state index in [1.807, 2.05) is 42.2 Å². The average Bonchev–Trinajstić information content (AvgIpc) is 4.01. The van der Waals surface area contributed by atoms with Crippen LogP contribution in [0.2, 0.25) is 0 Å². The second-order valence-electron chi connectivity index (χ2n) is 17.9. The smallest absolute Gasteiger partial charge is 0.255 e. The fraction of sp³-hybridized carbons (Fsp3) is 0.479. The van der Waals surface area contributed by atoms with Crippen molar-refractivity contribution in [1.29, 1.82) is 0 Å². The summed E-state index contributed by atoms with van der Waals surface area (Å²) in [5, 5.41) is 3.63. The lowest BCUT2D eigenvalue weighted by molar-refractivity contribution is -0.125. The number of rotatable bonds is 11. The molecule has 5 aliphatic heterocycles. The van der Waals surface area contributed by atoms with Crippen LogP contribution in [0.25, 0.3) is 10.9 Å². The van der Waals surface area contributed by atoms with Gasteiger partial charge in [0.1, 0.15) is 24.0 Å². The van der Waals surface area contributed by atoms with Crippen molar-refractivity contribution in [2.45, 2.75) is 89.6 Å². The van der Waals surface area contributed by atoms with E-state index in [-0.39, 0.29) is 28.8 Å². The van der Waals surface area contributed by atoms with Crippen LogP contribution in [0.1, 0.15) is 88.9 Å². The quantitative estimate of drug-likeness (QED) is 0.0937. The summed E-state index contributed by atoms with van der Waals surface area (Å²) in [6.07, 6.45) is 4.74. The number of likely N-dealkylation sites (N-methyl/N-ethyl adjacent to an activating group) is 1. The Morgan fingerprint density at radius 2 is 1.69 bits per heavy atom. The van der Waals surface area contributed by atoms with Crippen LogP contribution < -0.4 is 10.2 Å². The van der Waals surface area contributed by atoms with Crippen molar-refractivity contribution in [2.75, 3.05) is 58.3 Å². The monoisotopic (exact) mass is 855 g/mol. The number of alkyl halides is 2. The zero-order valence-electron chi connectivity index (χ0n) is 35.9. The summed E-state index contributed by atoms with van der Waals surface area (Å²) in [5.41, 5.74) is 7.10. The first kappa shape index (κ1) is 43.6. The third-order valence-electron chi connectivity index (χ3n) is 14.0. The van der Waals surface area contributed by atoms with Crippen molar-refractivity contribution in [1.82, 2.24) is 29.9 Å². The molecule has 1 spiro atoms. The Balaban J connectivity index is 0.000000196. The lowest BCUT2D eigenvalue weighted by Gasteiger charge is -2.42. The van der Waals surface area contributed by atoms with E-state index in [4.69, 9.17) is 0 Å². The molecule has 330 valence electrons. The first-order valence-corrected chi connectivity index (χ1v) is 21.8. The molecule has 1 unspecified atom stereocenters. The molecule has 0 aliphatic carbocycles. The number of para-hydroxylation sites is 1. The maximum atomic E-state index is 15.9. The Morgan fingerprint density at radius 1 is 1.00 bits per heavy atom. The van der Waals surface area contributed by atoms with Gasteiger partial charge in [-0.1, -0.05) is 30.3 Å². The maximum absolute atomic E-state index is 15.9. The highest BCUT2D eigenvalue weighted by Crippen LogP contribution is 2.45. The molecule has 2 fully saturated rings. The van der Waals surface area contributed by atoms with Crippen LogP contribution in [0.5, 0.6) is 0 Å². The van der Waals surface area contributed by atoms with Gasteiger partial charge >= 0.3 is 0 Å².